The molecule has 0 spiro atoms. The summed E-state index contributed by atoms with van der Waals surface area (Å²) in [6, 6.07) is 9.19. The van der Waals surface area contributed by atoms with Gasteiger partial charge in [-0.15, -0.1) is 12.3 Å². The topological polar surface area (TPSA) is 12.0 Å². The van der Waals surface area contributed by atoms with Crippen molar-refractivity contribution >= 4 is 0 Å². The molecule has 0 saturated carbocycles. The van der Waals surface area contributed by atoms with Crippen molar-refractivity contribution in [2.75, 3.05) is 6.54 Å². The van der Waals surface area contributed by atoms with Crippen LogP contribution < -0.4 is 5.32 Å². The predicted octanol–water partition coefficient (Wildman–Crippen LogP) is 2.93. The minimum Gasteiger partial charge on any atom is -0.313 e. The van der Waals surface area contributed by atoms with Crippen LogP contribution >= 0.6 is 0 Å². The molecule has 1 nitrogen and oxygen atoms in total. The lowest BCUT2D eigenvalue weighted by atomic mass is 10.0. The molecule has 86 valence electrons. The highest BCUT2D eigenvalue weighted by Crippen LogP contribution is 2.08. The predicted molar refractivity (Wildman–Crippen MR) is 70.4 cm³/mol. The van der Waals surface area contributed by atoms with Crippen molar-refractivity contribution in [3.63, 3.8) is 0 Å². The maximum Gasteiger partial charge on any atom is 0.0240 e. The fourth-order valence-electron chi connectivity index (χ4n) is 1.80. The van der Waals surface area contributed by atoms with Crippen LogP contribution in [0.1, 0.15) is 30.9 Å². The molecule has 0 aliphatic heterocycles. The first-order valence-corrected chi connectivity index (χ1v) is 5.98. The lowest BCUT2D eigenvalue weighted by Gasteiger charge is -2.14. The van der Waals surface area contributed by atoms with Crippen molar-refractivity contribution in [3.8, 4) is 12.3 Å². The second-order valence-corrected chi connectivity index (χ2v) is 4.19. The van der Waals surface area contributed by atoms with Gasteiger partial charge in [-0.25, -0.2) is 0 Å². The van der Waals surface area contributed by atoms with E-state index in [0.29, 0.717) is 6.04 Å². The molecular weight excluding hydrogens is 194 g/mol. The summed E-state index contributed by atoms with van der Waals surface area (Å²) in [5.74, 6) is 2.74. The van der Waals surface area contributed by atoms with E-state index in [4.69, 9.17) is 6.42 Å². The van der Waals surface area contributed by atoms with Gasteiger partial charge in [0.1, 0.15) is 0 Å². The van der Waals surface area contributed by atoms with Gasteiger partial charge >= 0.3 is 0 Å². The van der Waals surface area contributed by atoms with Crippen molar-refractivity contribution in [2.45, 2.75) is 39.2 Å². The van der Waals surface area contributed by atoms with Gasteiger partial charge in [-0.05, 0) is 31.9 Å². The molecule has 16 heavy (non-hydrogen) atoms. The zero-order chi connectivity index (χ0) is 11.8. The van der Waals surface area contributed by atoms with Crippen LogP contribution in [0, 0.1) is 19.3 Å². The minimum absolute atomic E-state index is 0.455. The van der Waals surface area contributed by atoms with Crippen LogP contribution in [0.4, 0.5) is 0 Å². The summed E-state index contributed by atoms with van der Waals surface area (Å²) in [7, 11) is 0. The standard InChI is InChI=1S/C15H21N/c1-4-6-15(16-5-2)12-11-14-9-7-13(3)8-10-14/h1,7-10,15-16H,5-6,11-12H2,2-3H3. The Balaban J connectivity index is 2.42. The molecule has 0 saturated heterocycles. The smallest absolute Gasteiger partial charge is 0.0240 e. The highest BCUT2D eigenvalue weighted by molar-refractivity contribution is 5.21. The first-order valence-electron chi connectivity index (χ1n) is 5.98. The number of rotatable bonds is 6. The number of benzene rings is 1. The van der Waals surface area contributed by atoms with E-state index in [1.807, 2.05) is 0 Å². The van der Waals surface area contributed by atoms with Crippen molar-refractivity contribution in [3.05, 3.63) is 35.4 Å². The molecule has 0 heterocycles. The van der Waals surface area contributed by atoms with Gasteiger partial charge in [0.05, 0.1) is 0 Å². The van der Waals surface area contributed by atoms with E-state index in [2.05, 4.69) is 49.4 Å². The van der Waals surface area contributed by atoms with Gasteiger partial charge in [0.15, 0.2) is 0 Å². The van der Waals surface area contributed by atoms with E-state index < -0.39 is 0 Å². The Morgan fingerprint density at radius 2 is 2.00 bits per heavy atom. The Bertz CT molecular complexity index is 331. The van der Waals surface area contributed by atoms with Gasteiger partial charge in [0.25, 0.3) is 0 Å². The molecule has 1 rings (SSSR count). The fourth-order valence-corrected chi connectivity index (χ4v) is 1.80. The van der Waals surface area contributed by atoms with Gasteiger partial charge < -0.3 is 5.32 Å². The Kier molecular flexibility index (Phi) is 5.67. The van der Waals surface area contributed by atoms with E-state index in [1.165, 1.54) is 11.1 Å². The lowest BCUT2D eigenvalue weighted by molar-refractivity contribution is 0.503. The second kappa shape index (κ2) is 7.09. The monoisotopic (exact) mass is 215 g/mol. The van der Waals surface area contributed by atoms with Gasteiger partial charge in [0.2, 0.25) is 0 Å². The van der Waals surface area contributed by atoms with Crippen LogP contribution in [0.2, 0.25) is 0 Å². The lowest BCUT2D eigenvalue weighted by Crippen LogP contribution is -2.28. The molecule has 0 bridgehead atoms. The number of aryl methyl sites for hydroxylation is 2. The SMILES string of the molecule is C#CCC(CCc1ccc(C)cc1)NCC. The summed E-state index contributed by atoms with van der Waals surface area (Å²) in [6.07, 6.45) is 8.39. The molecule has 1 aromatic carbocycles. The van der Waals surface area contributed by atoms with E-state index >= 15 is 0 Å². The third-order valence-corrected chi connectivity index (χ3v) is 2.76. The van der Waals surface area contributed by atoms with Crippen LogP contribution in [-0.4, -0.2) is 12.6 Å². The summed E-state index contributed by atoms with van der Waals surface area (Å²) in [4.78, 5) is 0. The maximum atomic E-state index is 5.36. The van der Waals surface area contributed by atoms with Gasteiger partial charge in [-0.2, -0.15) is 0 Å². The molecule has 0 aromatic heterocycles. The fraction of sp³-hybridized carbons (Fsp3) is 0.467. The molecule has 1 unspecified atom stereocenters. The van der Waals surface area contributed by atoms with Crippen LogP contribution in [-0.2, 0) is 6.42 Å². The Morgan fingerprint density at radius 3 is 2.56 bits per heavy atom. The second-order valence-electron chi connectivity index (χ2n) is 4.19. The molecule has 0 aliphatic carbocycles. The maximum absolute atomic E-state index is 5.36. The van der Waals surface area contributed by atoms with E-state index in [9.17, 15) is 0 Å². The average molecular weight is 215 g/mol. The van der Waals surface area contributed by atoms with Gasteiger partial charge in [0, 0.05) is 12.5 Å². The molecule has 0 fully saturated rings. The van der Waals surface area contributed by atoms with Crippen molar-refractivity contribution in [1.29, 1.82) is 0 Å². The third-order valence-electron chi connectivity index (χ3n) is 2.76. The Morgan fingerprint density at radius 1 is 1.31 bits per heavy atom. The summed E-state index contributed by atoms with van der Waals surface area (Å²) in [5.41, 5.74) is 2.71. The van der Waals surface area contributed by atoms with Gasteiger partial charge in [-0.1, -0.05) is 36.8 Å². The number of nitrogens with one attached hydrogen (secondary N) is 1. The first-order chi connectivity index (χ1) is 7.76. The molecule has 0 amide bonds. The third kappa shape index (κ3) is 4.51. The van der Waals surface area contributed by atoms with E-state index in [-0.39, 0.29) is 0 Å². The normalized spacial score (nSPS) is 12.1. The molecule has 1 heteroatoms. The molecule has 1 N–H and O–H groups in total. The minimum atomic E-state index is 0.455. The van der Waals surface area contributed by atoms with Crippen molar-refractivity contribution < 1.29 is 0 Å². The number of hydrogen-bond donors (Lipinski definition) is 1. The zero-order valence-corrected chi connectivity index (χ0v) is 10.3. The molecular formula is C15H21N. The van der Waals surface area contributed by atoms with Crippen molar-refractivity contribution in [1.82, 2.24) is 5.32 Å². The molecule has 0 radical (unpaired) electrons. The zero-order valence-electron chi connectivity index (χ0n) is 10.3. The van der Waals surface area contributed by atoms with Gasteiger partial charge in [-0.3, -0.25) is 0 Å². The Hall–Kier alpha value is -1.26. The summed E-state index contributed by atoms with van der Waals surface area (Å²) in [5, 5.41) is 3.42. The van der Waals surface area contributed by atoms with E-state index in [0.717, 1.165) is 25.8 Å². The van der Waals surface area contributed by atoms with Crippen molar-refractivity contribution in [2.24, 2.45) is 0 Å². The molecule has 0 aliphatic rings. The molecule has 1 atom stereocenters. The average Bonchev–Trinajstić information content (AvgIpc) is 2.29. The Labute approximate surface area is 99.3 Å². The summed E-state index contributed by atoms with van der Waals surface area (Å²) >= 11 is 0. The van der Waals surface area contributed by atoms with Crippen LogP contribution in [0.3, 0.4) is 0 Å². The first kappa shape index (κ1) is 12.8. The summed E-state index contributed by atoms with van der Waals surface area (Å²) < 4.78 is 0. The van der Waals surface area contributed by atoms with Crippen LogP contribution in [0.15, 0.2) is 24.3 Å². The van der Waals surface area contributed by atoms with Crippen LogP contribution in [0.25, 0.3) is 0 Å². The summed E-state index contributed by atoms with van der Waals surface area (Å²) in [6.45, 7) is 5.22. The highest BCUT2D eigenvalue weighted by Gasteiger charge is 2.05. The highest BCUT2D eigenvalue weighted by atomic mass is 14.9. The number of hydrogen-bond acceptors (Lipinski definition) is 1. The molecule has 1 aromatic rings. The number of terminal acetylenes is 1. The van der Waals surface area contributed by atoms with Crippen LogP contribution in [0.5, 0.6) is 0 Å². The van der Waals surface area contributed by atoms with E-state index in [1.54, 1.807) is 0 Å². The largest absolute Gasteiger partial charge is 0.313 e. The quantitative estimate of drug-likeness (QED) is 0.719.